The average Bonchev–Trinajstić information content (AvgIpc) is 2.47. The topological polar surface area (TPSA) is 72.3 Å². The molecule has 0 bridgehead atoms. The fourth-order valence-corrected chi connectivity index (χ4v) is 1.44. The van der Waals surface area contributed by atoms with Crippen molar-refractivity contribution in [3.63, 3.8) is 0 Å². The summed E-state index contributed by atoms with van der Waals surface area (Å²) >= 11 is 0. The highest BCUT2D eigenvalue weighted by Gasteiger charge is 2.24. The molecule has 0 radical (unpaired) electrons. The van der Waals surface area contributed by atoms with Crippen molar-refractivity contribution in [2.45, 2.75) is 5.40 Å². The standard InChI is InChI=1S/C8H10B2N2O2/c9-8(10,13)7-6-4(11)2-1-3-5(6)14-12-7/h1-3,13H,9-11H2. The van der Waals surface area contributed by atoms with Crippen LogP contribution in [0.5, 0.6) is 0 Å². The first-order valence-electron chi connectivity index (χ1n) is 4.37. The van der Waals surface area contributed by atoms with E-state index in [1.165, 1.54) is 0 Å². The summed E-state index contributed by atoms with van der Waals surface area (Å²) < 4.78 is 5.07. The summed E-state index contributed by atoms with van der Waals surface area (Å²) in [6.45, 7) is 0. The molecule has 0 fully saturated rings. The molecule has 0 aliphatic carbocycles. The van der Waals surface area contributed by atoms with Crippen LogP contribution in [0.15, 0.2) is 22.7 Å². The maximum absolute atomic E-state index is 9.82. The molecule has 4 nitrogen and oxygen atoms in total. The number of aromatic nitrogens is 1. The van der Waals surface area contributed by atoms with Gasteiger partial charge < -0.3 is 15.4 Å². The second kappa shape index (κ2) is 2.78. The van der Waals surface area contributed by atoms with Gasteiger partial charge in [0.05, 0.1) is 5.39 Å². The Morgan fingerprint density at radius 3 is 2.79 bits per heavy atom. The first kappa shape index (κ1) is 9.15. The third-order valence-corrected chi connectivity index (χ3v) is 2.11. The van der Waals surface area contributed by atoms with Crippen LogP contribution in [0.1, 0.15) is 5.69 Å². The number of nitrogen functional groups attached to an aromatic ring is 1. The van der Waals surface area contributed by atoms with Gasteiger partial charge in [-0.2, -0.15) is 0 Å². The molecule has 0 unspecified atom stereocenters. The maximum atomic E-state index is 9.82. The normalized spacial score (nSPS) is 12.1. The summed E-state index contributed by atoms with van der Waals surface area (Å²) in [6.07, 6.45) is 0. The highest BCUT2D eigenvalue weighted by molar-refractivity contribution is 6.39. The molecule has 0 amide bonds. The van der Waals surface area contributed by atoms with Crippen LogP contribution < -0.4 is 5.73 Å². The second-order valence-corrected chi connectivity index (χ2v) is 3.81. The molecule has 14 heavy (non-hydrogen) atoms. The summed E-state index contributed by atoms with van der Waals surface area (Å²) in [4.78, 5) is 0. The number of anilines is 1. The largest absolute Gasteiger partial charge is 0.402 e. The first-order valence-corrected chi connectivity index (χ1v) is 4.37. The van der Waals surface area contributed by atoms with Crippen molar-refractivity contribution in [2.24, 2.45) is 0 Å². The van der Waals surface area contributed by atoms with Gasteiger partial charge in [0.15, 0.2) is 5.58 Å². The predicted octanol–water partition coefficient (Wildman–Crippen LogP) is -1.22. The van der Waals surface area contributed by atoms with Gasteiger partial charge in [0.2, 0.25) is 0 Å². The summed E-state index contributed by atoms with van der Waals surface area (Å²) in [5, 5.41) is 13.3. The Labute approximate surface area is 82.9 Å². The molecule has 0 aliphatic heterocycles. The van der Waals surface area contributed by atoms with Crippen LogP contribution in [0, 0.1) is 0 Å². The quantitative estimate of drug-likeness (QED) is 0.434. The smallest absolute Gasteiger partial charge is 0.169 e. The van der Waals surface area contributed by atoms with E-state index in [1.807, 2.05) is 0 Å². The number of benzene rings is 1. The minimum Gasteiger partial charge on any atom is -0.402 e. The van der Waals surface area contributed by atoms with Gasteiger partial charge in [-0.05, 0) is 12.1 Å². The molecule has 70 valence electrons. The summed E-state index contributed by atoms with van der Waals surface area (Å²) in [6, 6.07) is 5.32. The Balaban J connectivity index is 2.80. The molecule has 0 saturated heterocycles. The molecule has 6 heteroatoms. The van der Waals surface area contributed by atoms with Gasteiger partial charge in [0, 0.05) is 11.1 Å². The van der Waals surface area contributed by atoms with Gasteiger partial charge in [0.1, 0.15) is 21.4 Å². The Morgan fingerprint density at radius 1 is 1.43 bits per heavy atom. The lowest BCUT2D eigenvalue weighted by atomic mass is 9.63. The van der Waals surface area contributed by atoms with Crippen molar-refractivity contribution >= 4 is 32.3 Å². The van der Waals surface area contributed by atoms with Crippen LogP contribution in [0.4, 0.5) is 5.69 Å². The molecule has 0 spiro atoms. The lowest BCUT2D eigenvalue weighted by Crippen LogP contribution is -2.26. The Bertz CT molecular complexity index is 476. The zero-order valence-electron chi connectivity index (χ0n) is 8.11. The molecular formula is C8H10B2N2O2. The molecule has 0 atom stereocenters. The zero-order chi connectivity index (χ0) is 10.3. The first-order chi connectivity index (χ1) is 6.50. The van der Waals surface area contributed by atoms with Crippen LogP contribution in [-0.4, -0.2) is 26.0 Å². The van der Waals surface area contributed by atoms with Crippen LogP contribution in [-0.2, 0) is 5.40 Å². The Kier molecular flexibility index (Phi) is 1.82. The molecule has 0 aliphatic rings. The number of nitrogens with zero attached hydrogens (tertiary/aromatic N) is 1. The SMILES string of the molecule is BC(B)(O)c1noc2cccc(N)c12. The highest BCUT2D eigenvalue weighted by atomic mass is 16.5. The van der Waals surface area contributed by atoms with Gasteiger partial charge in [-0.25, -0.2) is 0 Å². The molecule has 2 rings (SSSR count). The van der Waals surface area contributed by atoms with Crippen molar-refractivity contribution in [1.29, 1.82) is 0 Å². The van der Waals surface area contributed by atoms with Gasteiger partial charge >= 0.3 is 0 Å². The van der Waals surface area contributed by atoms with E-state index in [4.69, 9.17) is 10.3 Å². The van der Waals surface area contributed by atoms with E-state index in [0.29, 0.717) is 22.4 Å². The van der Waals surface area contributed by atoms with Crippen LogP contribution in [0.25, 0.3) is 11.0 Å². The highest BCUT2D eigenvalue weighted by Crippen LogP contribution is 2.28. The summed E-state index contributed by atoms with van der Waals surface area (Å²) in [5.41, 5.74) is 7.43. The van der Waals surface area contributed by atoms with E-state index < -0.39 is 5.40 Å². The molecule has 1 aromatic carbocycles. The second-order valence-electron chi connectivity index (χ2n) is 3.81. The number of hydrogen-bond acceptors (Lipinski definition) is 4. The van der Waals surface area contributed by atoms with E-state index >= 15 is 0 Å². The Hall–Kier alpha value is -1.42. The van der Waals surface area contributed by atoms with Crippen molar-refractivity contribution < 1.29 is 9.63 Å². The molecule has 2 aromatic rings. The lowest BCUT2D eigenvalue weighted by Gasteiger charge is -2.13. The van der Waals surface area contributed by atoms with Crippen molar-refractivity contribution in [3.8, 4) is 0 Å². The molecular weight excluding hydrogens is 178 g/mol. The maximum Gasteiger partial charge on any atom is 0.169 e. The van der Waals surface area contributed by atoms with Crippen LogP contribution in [0.3, 0.4) is 0 Å². The number of rotatable bonds is 1. The van der Waals surface area contributed by atoms with Crippen LogP contribution >= 0.6 is 0 Å². The van der Waals surface area contributed by atoms with E-state index in [-0.39, 0.29) is 0 Å². The molecule has 3 N–H and O–H groups in total. The monoisotopic (exact) mass is 188 g/mol. The van der Waals surface area contributed by atoms with Gasteiger partial charge in [-0.3, -0.25) is 0 Å². The van der Waals surface area contributed by atoms with Gasteiger partial charge in [-0.15, -0.1) is 0 Å². The van der Waals surface area contributed by atoms with Gasteiger partial charge in [0.25, 0.3) is 0 Å². The fraction of sp³-hybridized carbons (Fsp3) is 0.125. The zero-order valence-corrected chi connectivity index (χ0v) is 8.11. The number of hydrogen-bond donors (Lipinski definition) is 2. The molecule has 1 heterocycles. The number of aliphatic hydroxyl groups is 1. The summed E-state index contributed by atoms with van der Waals surface area (Å²) in [5.74, 6) is 0. The van der Waals surface area contributed by atoms with Crippen molar-refractivity contribution in [1.82, 2.24) is 5.16 Å². The molecule has 1 aromatic heterocycles. The molecule has 0 saturated carbocycles. The minimum atomic E-state index is -1.04. The van der Waals surface area contributed by atoms with Crippen LogP contribution in [0.2, 0.25) is 0 Å². The van der Waals surface area contributed by atoms with E-state index in [1.54, 1.807) is 33.9 Å². The van der Waals surface area contributed by atoms with E-state index in [2.05, 4.69) is 5.16 Å². The number of fused-ring (bicyclic) bond motifs is 1. The van der Waals surface area contributed by atoms with E-state index in [9.17, 15) is 5.11 Å². The third kappa shape index (κ3) is 1.28. The third-order valence-electron chi connectivity index (χ3n) is 2.11. The predicted molar refractivity (Wildman–Crippen MR) is 59.4 cm³/mol. The lowest BCUT2D eigenvalue weighted by molar-refractivity contribution is 0.206. The van der Waals surface area contributed by atoms with Gasteiger partial charge in [-0.1, -0.05) is 11.2 Å². The number of nitrogens with two attached hydrogens (primary N) is 1. The fourth-order valence-electron chi connectivity index (χ4n) is 1.44. The Morgan fingerprint density at radius 2 is 2.14 bits per heavy atom. The summed E-state index contributed by atoms with van der Waals surface area (Å²) in [7, 11) is 3.30. The van der Waals surface area contributed by atoms with Crippen molar-refractivity contribution in [2.75, 3.05) is 5.73 Å². The average molecular weight is 188 g/mol. The van der Waals surface area contributed by atoms with Crippen molar-refractivity contribution in [3.05, 3.63) is 23.9 Å². The van der Waals surface area contributed by atoms with E-state index in [0.717, 1.165) is 0 Å². The minimum absolute atomic E-state index is 0.477.